The fourth-order valence-corrected chi connectivity index (χ4v) is 6.50. The van der Waals surface area contributed by atoms with Crippen LogP contribution in [-0.4, -0.2) is 62.9 Å². The van der Waals surface area contributed by atoms with E-state index in [-0.39, 0.29) is 24.3 Å². The fourth-order valence-electron chi connectivity index (χ4n) is 6.34. The standard InChI is InChI=1S/C32H32ClFN4O5/c1-32(23-6-5-20(33)15-24(23)34)18-42-29-22(3-2-4-27(29)43-32)19-9-12-37(13-10-19)17-28-35-25-7-8-26(31(39)40)36-30(25)38(28)16-21-11-14-41-21/h2-8,15,19,21H,9-14,16-18H2,1H3,(H,39,40). The summed E-state index contributed by atoms with van der Waals surface area (Å²) in [5.41, 5.74) is 1.82. The number of hydrogen-bond acceptors (Lipinski definition) is 7. The number of benzene rings is 2. The van der Waals surface area contributed by atoms with Crippen molar-refractivity contribution in [2.24, 2.45) is 0 Å². The van der Waals surface area contributed by atoms with E-state index >= 15 is 0 Å². The van der Waals surface area contributed by atoms with Crippen LogP contribution in [0.5, 0.6) is 11.5 Å². The smallest absolute Gasteiger partial charge is 0.354 e. The van der Waals surface area contributed by atoms with Crippen molar-refractivity contribution in [2.75, 3.05) is 26.3 Å². The van der Waals surface area contributed by atoms with E-state index in [9.17, 15) is 14.3 Å². The molecule has 0 saturated carbocycles. The first-order chi connectivity index (χ1) is 20.8. The Kier molecular flexibility index (Phi) is 7.23. The number of pyridine rings is 1. The molecule has 0 aliphatic carbocycles. The predicted octanol–water partition coefficient (Wildman–Crippen LogP) is 5.78. The third-order valence-electron chi connectivity index (χ3n) is 8.80. The van der Waals surface area contributed by atoms with E-state index in [4.69, 9.17) is 30.8 Å². The number of nitrogens with zero attached hydrogens (tertiary/aromatic N) is 4. The largest absolute Gasteiger partial charge is 0.485 e. The molecule has 0 radical (unpaired) electrons. The summed E-state index contributed by atoms with van der Waals surface area (Å²) in [7, 11) is 0. The molecule has 2 aromatic heterocycles. The normalized spacial score (nSPS) is 22.4. The number of piperidine rings is 1. The molecule has 3 aliphatic rings. The Hall–Kier alpha value is -3.73. The summed E-state index contributed by atoms with van der Waals surface area (Å²) in [6.45, 7) is 5.71. The Morgan fingerprint density at radius 2 is 1.95 bits per heavy atom. The molecule has 2 aromatic carbocycles. The van der Waals surface area contributed by atoms with Gasteiger partial charge in [-0.25, -0.2) is 19.2 Å². The highest BCUT2D eigenvalue weighted by molar-refractivity contribution is 6.30. The Morgan fingerprint density at radius 1 is 1.14 bits per heavy atom. The number of aromatic nitrogens is 3. The average Bonchev–Trinajstić information content (AvgIpc) is 3.30. The maximum Gasteiger partial charge on any atom is 0.354 e. The number of carboxylic acids is 1. The van der Waals surface area contributed by atoms with E-state index in [2.05, 4.69) is 16.0 Å². The van der Waals surface area contributed by atoms with Crippen LogP contribution >= 0.6 is 11.6 Å². The summed E-state index contributed by atoms with van der Waals surface area (Å²) in [5, 5.41) is 9.81. The molecule has 7 rings (SSSR count). The Labute approximate surface area is 253 Å². The van der Waals surface area contributed by atoms with Crippen molar-refractivity contribution in [3.8, 4) is 11.5 Å². The zero-order chi connectivity index (χ0) is 29.7. The van der Waals surface area contributed by atoms with Gasteiger partial charge >= 0.3 is 5.97 Å². The first kappa shape index (κ1) is 28.1. The summed E-state index contributed by atoms with van der Waals surface area (Å²) in [6, 6.07) is 13.8. The molecule has 2 unspecified atom stereocenters. The summed E-state index contributed by atoms with van der Waals surface area (Å²) >= 11 is 5.97. The lowest BCUT2D eigenvalue weighted by molar-refractivity contribution is -0.0593. The second-order valence-corrected chi connectivity index (χ2v) is 12.2. The highest BCUT2D eigenvalue weighted by Crippen LogP contribution is 2.46. The van der Waals surface area contributed by atoms with Crippen molar-refractivity contribution in [3.05, 3.63) is 82.0 Å². The molecule has 2 saturated heterocycles. The van der Waals surface area contributed by atoms with E-state index in [1.165, 1.54) is 12.1 Å². The number of likely N-dealkylation sites (tertiary alicyclic amines) is 1. The molecule has 3 aliphatic heterocycles. The van der Waals surface area contributed by atoms with Gasteiger partial charge < -0.3 is 23.9 Å². The summed E-state index contributed by atoms with van der Waals surface area (Å²) in [4.78, 5) is 23.2. The molecule has 43 heavy (non-hydrogen) atoms. The van der Waals surface area contributed by atoms with Crippen molar-refractivity contribution in [1.82, 2.24) is 19.4 Å². The molecule has 9 nitrogen and oxygen atoms in total. The van der Waals surface area contributed by atoms with Crippen LogP contribution in [0.2, 0.25) is 5.02 Å². The third kappa shape index (κ3) is 5.32. The van der Waals surface area contributed by atoms with E-state index in [0.717, 1.165) is 56.1 Å². The van der Waals surface area contributed by atoms with Gasteiger partial charge in [-0.15, -0.1) is 0 Å². The second-order valence-electron chi connectivity index (χ2n) is 11.7. The quantitative estimate of drug-likeness (QED) is 0.283. The molecule has 5 heterocycles. The zero-order valence-corrected chi connectivity index (χ0v) is 24.5. The van der Waals surface area contributed by atoms with Gasteiger partial charge in [-0.05, 0) is 75.5 Å². The zero-order valence-electron chi connectivity index (χ0n) is 23.8. The van der Waals surface area contributed by atoms with E-state index in [1.807, 2.05) is 23.6 Å². The summed E-state index contributed by atoms with van der Waals surface area (Å²) in [5.74, 6) is 1.02. The van der Waals surface area contributed by atoms with E-state index < -0.39 is 17.4 Å². The monoisotopic (exact) mass is 606 g/mol. The first-order valence-corrected chi connectivity index (χ1v) is 15.0. The maximum absolute atomic E-state index is 14.8. The molecule has 224 valence electrons. The van der Waals surface area contributed by atoms with Crippen molar-refractivity contribution in [1.29, 1.82) is 0 Å². The molecule has 11 heteroatoms. The topological polar surface area (TPSA) is 98.9 Å². The van der Waals surface area contributed by atoms with Crippen molar-refractivity contribution in [3.63, 3.8) is 0 Å². The molecule has 4 aromatic rings. The highest BCUT2D eigenvalue weighted by Gasteiger charge is 2.39. The van der Waals surface area contributed by atoms with Crippen LogP contribution in [0.15, 0.2) is 48.5 Å². The Morgan fingerprint density at radius 3 is 2.67 bits per heavy atom. The van der Waals surface area contributed by atoms with Gasteiger partial charge in [-0.3, -0.25) is 4.90 Å². The minimum Gasteiger partial charge on any atom is -0.485 e. The van der Waals surface area contributed by atoms with Gasteiger partial charge in [0.1, 0.15) is 23.8 Å². The number of aromatic carboxylic acids is 1. The number of para-hydroxylation sites is 1. The molecule has 2 atom stereocenters. The van der Waals surface area contributed by atoms with Gasteiger partial charge in [0.15, 0.2) is 28.4 Å². The van der Waals surface area contributed by atoms with Crippen LogP contribution in [0.25, 0.3) is 11.2 Å². The number of fused-ring (bicyclic) bond motifs is 2. The van der Waals surface area contributed by atoms with Gasteiger partial charge in [0.25, 0.3) is 0 Å². The van der Waals surface area contributed by atoms with Crippen LogP contribution in [-0.2, 0) is 23.4 Å². The minimum atomic E-state index is -1.06. The molecule has 1 N–H and O–H groups in total. The van der Waals surface area contributed by atoms with Crippen LogP contribution in [0, 0.1) is 5.82 Å². The maximum atomic E-state index is 14.8. The average molecular weight is 607 g/mol. The van der Waals surface area contributed by atoms with Gasteiger partial charge in [0.05, 0.1) is 19.2 Å². The second kappa shape index (κ2) is 11.1. The van der Waals surface area contributed by atoms with Crippen molar-refractivity contribution in [2.45, 2.75) is 56.9 Å². The van der Waals surface area contributed by atoms with Gasteiger partial charge in [0.2, 0.25) is 0 Å². The van der Waals surface area contributed by atoms with Crippen LogP contribution in [0.3, 0.4) is 0 Å². The molecule has 0 amide bonds. The van der Waals surface area contributed by atoms with E-state index in [0.29, 0.717) is 40.6 Å². The van der Waals surface area contributed by atoms with Gasteiger partial charge in [0, 0.05) is 22.8 Å². The van der Waals surface area contributed by atoms with Crippen molar-refractivity contribution >= 4 is 28.7 Å². The fraction of sp³-hybridized carbons (Fsp3) is 0.406. The lowest BCUT2D eigenvalue weighted by Gasteiger charge is -2.38. The number of ether oxygens (including phenoxy) is 3. The van der Waals surface area contributed by atoms with Gasteiger partial charge in [-0.1, -0.05) is 29.8 Å². The number of imidazole rings is 1. The number of rotatable bonds is 7. The first-order valence-electron chi connectivity index (χ1n) is 14.6. The predicted molar refractivity (Wildman–Crippen MR) is 157 cm³/mol. The minimum absolute atomic E-state index is 0.00606. The molecular weight excluding hydrogens is 575 g/mol. The molecular formula is C32H32ClFN4O5. The Bertz CT molecular complexity index is 1700. The SMILES string of the molecule is CC1(c2ccc(Cl)cc2F)COc2c(cccc2C2CCN(Cc3nc4ccc(C(=O)O)nc4n3CC3CCO3)CC2)O1. The molecule has 2 fully saturated rings. The Balaban J connectivity index is 1.07. The lowest BCUT2D eigenvalue weighted by atomic mass is 9.87. The summed E-state index contributed by atoms with van der Waals surface area (Å²) in [6.07, 6.45) is 2.90. The highest BCUT2D eigenvalue weighted by atomic mass is 35.5. The number of hydrogen-bond donors (Lipinski definition) is 1. The number of carbonyl (C=O) groups is 1. The van der Waals surface area contributed by atoms with Gasteiger partial charge in [-0.2, -0.15) is 0 Å². The molecule has 0 bridgehead atoms. The summed E-state index contributed by atoms with van der Waals surface area (Å²) < 4.78 is 35.2. The van der Waals surface area contributed by atoms with Crippen LogP contribution in [0.1, 0.15) is 59.5 Å². The molecule has 0 spiro atoms. The van der Waals surface area contributed by atoms with Crippen LogP contribution in [0.4, 0.5) is 4.39 Å². The van der Waals surface area contributed by atoms with Crippen molar-refractivity contribution < 1.29 is 28.5 Å². The lowest BCUT2D eigenvalue weighted by Crippen LogP contribution is -2.40. The number of carboxylic acid groups (broad SMARTS) is 1. The number of halogens is 2. The van der Waals surface area contributed by atoms with E-state index in [1.54, 1.807) is 18.2 Å². The third-order valence-corrected chi connectivity index (χ3v) is 9.03. The van der Waals surface area contributed by atoms with Crippen LogP contribution < -0.4 is 9.47 Å².